The van der Waals surface area contributed by atoms with Gasteiger partial charge in [-0.25, -0.2) is 0 Å². The molecule has 0 saturated heterocycles. The van der Waals surface area contributed by atoms with Gasteiger partial charge < -0.3 is 5.32 Å². The molecule has 3 nitrogen and oxygen atoms in total. The third-order valence-corrected chi connectivity index (χ3v) is 4.45. The molecular formula is C21H22N2O. The molecule has 2 aromatic carbocycles. The highest BCUT2D eigenvalue weighted by molar-refractivity contribution is 6.13. The summed E-state index contributed by atoms with van der Waals surface area (Å²) in [6.45, 7) is 6.14. The Morgan fingerprint density at radius 1 is 1.00 bits per heavy atom. The van der Waals surface area contributed by atoms with E-state index in [0.29, 0.717) is 0 Å². The number of para-hydroxylation sites is 2. The predicted molar refractivity (Wildman–Crippen MR) is 99.6 cm³/mol. The normalized spacial score (nSPS) is 10.8. The van der Waals surface area contributed by atoms with E-state index in [4.69, 9.17) is 4.98 Å². The molecule has 0 radical (unpaired) electrons. The third-order valence-electron chi connectivity index (χ3n) is 4.45. The fourth-order valence-electron chi connectivity index (χ4n) is 3.13. The Balaban J connectivity index is 2.11. The third kappa shape index (κ3) is 2.90. The molecule has 0 fully saturated rings. The number of carbonyl (C=O) groups is 1. The number of benzene rings is 2. The summed E-state index contributed by atoms with van der Waals surface area (Å²) in [7, 11) is 0. The lowest BCUT2D eigenvalue weighted by atomic mass is 9.99. The topological polar surface area (TPSA) is 42.0 Å². The Morgan fingerprint density at radius 2 is 1.71 bits per heavy atom. The van der Waals surface area contributed by atoms with Gasteiger partial charge in [0.2, 0.25) is 0 Å². The maximum Gasteiger partial charge on any atom is 0.256 e. The van der Waals surface area contributed by atoms with Crippen LogP contribution in [0.15, 0.2) is 48.5 Å². The van der Waals surface area contributed by atoms with Crippen molar-refractivity contribution >= 4 is 22.5 Å². The summed E-state index contributed by atoms with van der Waals surface area (Å²) >= 11 is 0. The molecular weight excluding hydrogens is 296 g/mol. The second-order valence-corrected chi connectivity index (χ2v) is 5.89. The summed E-state index contributed by atoms with van der Waals surface area (Å²) in [5.74, 6) is -0.0679. The van der Waals surface area contributed by atoms with E-state index in [9.17, 15) is 4.79 Å². The molecule has 0 bridgehead atoms. The SMILES string of the molecule is CCc1ccccc1NC(=O)c1c(C)c(CC)nc2ccccc12. The molecule has 3 heteroatoms. The maximum atomic E-state index is 13.0. The first-order valence-corrected chi connectivity index (χ1v) is 8.43. The van der Waals surface area contributed by atoms with Gasteiger partial charge in [0.05, 0.1) is 11.1 Å². The number of carbonyl (C=O) groups excluding carboxylic acids is 1. The van der Waals surface area contributed by atoms with Crippen LogP contribution in [0.4, 0.5) is 5.69 Å². The van der Waals surface area contributed by atoms with Gasteiger partial charge in [0.25, 0.3) is 5.91 Å². The number of rotatable bonds is 4. The molecule has 122 valence electrons. The van der Waals surface area contributed by atoms with Crippen LogP contribution in [0.2, 0.25) is 0 Å². The molecule has 0 aliphatic heterocycles. The summed E-state index contributed by atoms with van der Waals surface area (Å²) in [6.07, 6.45) is 1.69. The van der Waals surface area contributed by atoms with Crippen molar-refractivity contribution in [3.05, 3.63) is 70.9 Å². The molecule has 0 atom stereocenters. The molecule has 24 heavy (non-hydrogen) atoms. The van der Waals surface area contributed by atoms with Gasteiger partial charge in [0.15, 0.2) is 0 Å². The predicted octanol–water partition coefficient (Wildman–Crippen LogP) is 4.92. The van der Waals surface area contributed by atoms with Crippen LogP contribution in [0.5, 0.6) is 0 Å². The van der Waals surface area contributed by atoms with Crippen LogP contribution < -0.4 is 5.32 Å². The van der Waals surface area contributed by atoms with Crippen LogP contribution in [0.1, 0.15) is 41.0 Å². The van der Waals surface area contributed by atoms with Gasteiger partial charge in [0, 0.05) is 16.8 Å². The van der Waals surface area contributed by atoms with Gasteiger partial charge in [-0.1, -0.05) is 50.2 Å². The van der Waals surface area contributed by atoms with Crippen molar-refractivity contribution in [1.82, 2.24) is 4.98 Å². The quantitative estimate of drug-likeness (QED) is 0.742. The second kappa shape index (κ2) is 6.83. The largest absolute Gasteiger partial charge is 0.322 e. The highest BCUT2D eigenvalue weighted by atomic mass is 16.1. The van der Waals surface area contributed by atoms with Crippen LogP contribution in [-0.2, 0) is 12.8 Å². The summed E-state index contributed by atoms with van der Waals surface area (Å²) in [4.78, 5) is 17.7. The summed E-state index contributed by atoms with van der Waals surface area (Å²) in [5.41, 5.74) is 5.54. The molecule has 0 saturated carbocycles. The summed E-state index contributed by atoms with van der Waals surface area (Å²) in [5, 5.41) is 4.00. The molecule has 1 amide bonds. The van der Waals surface area contributed by atoms with Crippen molar-refractivity contribution in [2.75, 3.05) is 5.32 Å². The number of aromatic nitrogens is 1. The number of nitrogens with zero attached hydrogens (tertiary/aromatic N) is 1. The van der Waals surface area contributed by atoms with E-state index in [1.165, 1.54) is 0 Å². The first kappa shape index (κ1) is 16.2. The van der Waals surface area contributed by atoms with Crippen molar-refractivity contribution in [2.45, 2.75) is 33.6 Å². The molecule has 1 N–H and O–H groups in total. The van der Waals surface area contributed by atoms with Crippen LogP contribution >= 0.6 is 0 Å². The van der Waals surface area contributed by atoms with E-state index in [1.54, 1.807) is 0 Å². The average molecular weight is 318 g/mol. The number of amides is 1. The van der Waals surface area contributed by atoms with Crippen molar-refractivity contribution < 1.29 is 4.79 Å². The van der Waals surface area contributed by atoms with E-state index in [0.717, 1.165) is 51.8 Å². The zero-order chi connectivity index (χ0) is 17.1. The van der Waals surface area contributed by atoms with E-state index in [1.807, 2.05) is 55.5 Å². The monoisotopic (exact) mass is 318 g/mol. The van der Waals surface area contributed by atoms with E-state index >= 15 is 0 Å². The number of aryl methyl sites for hydroxylation is 2. The van der Waals surface area contributed by atoms with E-state index in [-0.39, 0.29) is 5.91 Å². The van der Waals surface area contributed by atoms with Gasteiger partial charge >= 0.3 is 0 Å². The number of fused-ring (bicyclic) bond motifs is 1. The van der Waals surface area contributed by atoms with Crippen LogP contribution in [0, 0.1) is 6.92 Å². The number of nitrogens with one attached hydrogen (secondary N) is 1. The fourth-order valence-corrected chi connectivity index (χ4v) is 3.13. The molecule has 3 aromatic rings. The number of anilines is 1. The Bertz CT molecular complexity index is 899. The molecule has 1 aromatic heterocycles. The van der Waals surface area contributed by atoms with E-state index < -0.39 is 0 Å². The number of hydrogen-bond acceptors (Lipinski definition) is 2. The second-order valence-electron chi connectivity index (χ2n) is 5.89. The lowest BCUT2D eigenvalue weighted by Crippen LogP contribution is -2.16. The van der Waals surface area contributed by atoms with Gasteiger partial charge in [-0.05, 0) is 43.0 Å². The molecule has 0 aliphatic carbocycles. The Labute approximate surface area is 142 Å². The van der Waals surface area contributed by atoms with Crippen LogP contribution in [-0.4, -0.2) is 10.9 Å². The summed E-state index contributed by atoms with van der Waals surface area (Å²) in [6, 6.07) is 15.8. The average Bonchev–Trinajstić information content (AvgIpc) is 2.61. The minimum atomic E-state index is -0.0679. The van der Waals surface area contributed by atoms with Crippen molar-refractivity contribution in [3.8, 4) is 0 Å². The number of hydrogen-bond donors (Lipinski definition) is 1. The molecule has 1 heterocycles. The molecule has 0 spiro atoms. The first-order valence-electron chi connectivity index (χ1n) is 8.43. The molecule has 0 unspecified atom stereocenters. The minimum Gasteiger partial charge on any atom is -0.322 e. The lowest BCUT2D eigenvalue weighted by Gasteiger charge is -2.15. The Hall–Kier alpha value is -2.68. The van der Waals surface area contributed by atoms with E-state index in [2.05, 4.69) is 19.2 Å². The van der Waals surface area contributed by atoms with Crippen molar-refractivity contribution in [3.63, 3.8) is 0 Å². The smallest absolute Gasteiger partial charge is 0.256 e. The van der Waals surface area contributed by atoms with Gasteiger partial charge in [-0.3, -0.25) is 9.78 Å². The molecule has 0 aliphatic rings. The fraction of sp³-hybridized carbons (Fsp3) is 0.238. The highest BCUT2D eigenvalue weighted by Crippen LogP contribution is 2.25. The van der Waals surface area contributed by atoms with Gasteiger partial charge in [0.1, 0.15) is 0 Å². The zero-order valence-electron chi connectivity index (χ0n) is 14.4. The standard InChI is InChI=1S/C21H22N2O/c1-4-15-10-6-8-12-18(15)23-21(24)20-14(3)17(5-2)22-19-13-9-7-11-16(19)20/h6-13H,4-5H2,1-3H3,(H,23,24). The highest BCUT2D eigenvalue weighted by Gasteiger charge is 2.18. The summed E-state index contributed by atoms with van der Waals surface area (Å²) < 4.78 is 0. The van der Waals surface area contributed by atoms with Crippen LogP contribution in [0.3, 0.4) is 0 Å². The first-order chi connectivity index (χ1) is 11.7. The maximum absolute atomic E-state index is 13.0. The van der Waals surface area contributed by atoms with Crippen molar-refractivity contribution in [1.29, 1.82) is 0 Å². The number of pyridine rings is 1. The molecule has 3 rings (SSSR count). The Morgan fingerprint density at radius 3 is 2.46 bits per heavy atom. The van der Waals surface area contributed by atoms with Gasteiger partial charge in [-0.2, -0.15) is 0 Å². The van der Waals surface area contributed by atoms with Gasteiger partial charge in [-0.15, -0.1) is 0 Å². The van der Waals surface area contributed by atoms with Crippen molar-refractivity contribution in [2.24, 2.45) is 0 Å². The Kier molecular flexibility index (Phi) is 4.61. The zero-order valence-corrected chi connectivity index (χ0v) is 14.4. The minimum absolute atomic E-state index is 0.0679. The van der Waals surface area contributed by atoms with Crippen LogP contribution in [0.25, 0.3) is 10.9 Å². The lowest BCUT2D eigenvalue weighted by molar-refractivity contribution is 0.102.